The molecule has 1 heterocycles. The number of carbonyl (C=O) groups is 1. The number of benzene rings is 1. The van der Waals surface area contributed by atoms with Gasteiger partial charge in [-0.1, -0.05) is 49.0 Å². The number of rotatable bonds is 8. The number of nitrogen functional groups attached to an aromatic ring is 1. The molecule has 0 spiro atoms. The van der Waals surface area contributed by atoms with Crippen LogP contribution in [0.1, 0.15) is 24.7 Å². The molecule has 0 unspecified atom stereocenters. The summed E-state index contributed by atoms with van der Waals surface area (Å²) < 4.78 is 1.46. The predicted octanol–water partition coefficient (Wildman–Crippen LogP) is 1.40. The molecule has 1 amide bonds. The Morgan fingerprint density at radius 3 is 2.77 bits per heavy atom. The molecular weight excluding hydrogens is 298 g/mol. The third-order valence-electron chi connectivity index (χ3n) is 3.12. The zero-order chi connectivity index (χ0) is 15.8. The van der Waals surface area contributed by atoms with Crippen molar-refractivity contribution in [3.63, 3.8) is 0 Å². The summed E-state index contributed by atoms with van der Waals surface area (Å²) >= 11 is 1.30. The van der Waals surface area contributed by atoms with Gasteiger partial charge in [0.15, 0.2) is 5.82 Å². The number of hydrogen-bond donors (Lipinski definition) is 2. The Morgan fingerprint density at radius 2 is 2.05 bits per heavy atom. The van der Waals surface area contributed by atoms with Crippen molar-refractivity contribution >= 4 is 17.7 Å². The fraction of sp³-hybridized carbons (Fsp3) is 0.400. The molecule has 7 heteroatoms. The Kier molecular flexibility index (Phi) is 6.27. The first kappa shape index (κ1) is 16.4. The second kappa shape index (κ2) is 8.43. The molecule has 3 N–H and O–H groups in total. The lowest BCUT2D eigenvalue weighted by molar-refractivity contribution is -0.118. The van der Waals surface area contributed by atoms with Gasteiger partial charge in [-0.2, -0.15) is 0 Å². The highest BCUT2D eigenvalue weighted by atomic mass is 32.2. The lowest BCUT2D eigenvalue weighted by atomic mass is 10.1. The van der Waals surface area contributed by atoms with E-state index in [1.54, 1.807) is 0 Å². The second-order valence-corrected chi connectivity index (χ2v) is 5.84. The highest BCUT2D eigenvalue weighted by molar-refractivity contribution is 7.99. The van der Waals surface area contributed by atoms with E-state index in [9.17, 15) is 4.79 Å². The zero-order valence-corrected chi connectivity index (χ0v) is 13.5. The molecule has 0 aliphatic heterocycles. The van der Waals surface area contributed by atoms with Crippen molar-refractivity contribution in [3.05, 3.63) is 41.7 Å². The van der Waals surface area contributed by atoms with Crippen LogP contribution in [0.4, 0.5) is 0 Å². The lowest BCUT2D eigenvalue weighted by Gasteiger charge is -2.05. The maximum atomic E-state index is 11.8. The summed E-state index contributed by atoms with van der Waals surface area (Å²) in [6.45, 7) is 2.68. The number of amides is 1. The summed E-state index contributed by atoms with van der Waals surface area (Å²) in [6.07, 6.45) is 2.57. The van der Waals surface area contributed by atoms with E-state index in [1.807, 2.05) is 30.3 Å². The minimum atomic E-state index is -0.0269. The van der Waals surface area contributed by atoms with Crippen LogP contribution in [0, 0.1) is 0 Å². The molecule has 0 saturated carbocycles. The maximum Gasteiger partial charge on any atom is 0.230 e. The van der Waals surface area contributed by atoms with Crippen molar-refractivity contribution in [2.24, 2.45) is 0 Å². The quantitative estimate of drug-likeness (QED) is 0.567. The Balaban J connectivity index is 1.71. The maximum absolute atomic E-state index is 11.8. The molecule has 0 aliphatic carbocycles. The van der Waals surface area contributed by atoms with Crippen LogP contribution < -0.4 is 11.2 Å². The third-order valence-corrected chi connectivity index (χ3v) is 4.06. The van der Waals surface area contributed by atoms with Gasteiger partial charge in [-0.15, -0.1) is 10.2 Å². The molecule has 118 valence electrons. The van der Waals surface area contributed by atoms with Gasteiger partial charge in [0.1, 0.15) is 0 Å². The minimum absolute atomic E-state index is 0.0269. The Hall–Kier alpha value is -2.02. The van der Waals surface area contributed by atoms with Crippen LogP contribution in [0.2, 0.25) is 0 Å². The molecular formula is C15H21N5OS. The van der Waals surface area contributed by atoms with Crippen molar-refractivity contribution < 1.29 is 4.79 Å². The molecule has 0 aliphatic rings. The van der Waals surface area contributed by atoms with Gasteiger partial charge < -0.3 is 11.2 Å². The average molecular weight is 319 g/mol. The first-order chi connectivity index (χ1) is 10.7. The fourth-order valence-electron chi connectivity index (χ4n) is 1.97. The van der Waals surface area contributed by atoms with Crippen LogP contribution in [-0.4, -0.2) is 33.1 Å². The summed E-state index contributed by atoms with van der Waals surface area (Å²) in [5.41, 5.74) is 1.21. The standard InChI is InChI=1S/C15H21N5OS/c1-2-6-13-18-19-15(20(13)16)22-11-14(21)17-10-9-12-7-4-3-5-8-12/h3-5,7-8H,2,6,9-11,16H2,1H3,(H,17,21). The van der Waals surface area contributed by atoms with Crippen LogP contribution >= 0.6 is 11.8 Å². The number of carbonyl (C=O) groups excluding carboxylic acids is 1. The number of aryl methyl sites for hydroxylation is 1. The van der Waals surface area contributed by atoms with E-state index in [0.717, 1.165) is 25.1 Å². The number of nitrogens with two attached hydrogens (primary N) is 1. The molecule has 0 atom stereocenters. The van der Waals surface area contributed by atoms with Gasteiger partial charge in [-0.25, -0.2) is 4.68 Å². The van der Waals surface area contributed by atoms with E-state index in [1.165, 1.54) is 22.0 Å². The van der Waals surface area contributed by atoms with E-state index >= 15 is 0 Å². The van der Waals surface area contributed by atoms with Crippen molar-refractivity contribution in [2.75, 3.05) is 18.1 Å². The van der Waals surface area contributed by atoms with Crippen molar-refractivity contribution in [1.82, 2.24) is 20.2 Å². The summed E-state index contributed by atoms with van der Waals surface area (Å²) in [5.74, 6) is 6.90. The molecule has 1 aromatic heterocycles. The van der Waals surface area contributed by atoms with E-state index in [4.69, 9.17) is 5.84 Å². The second-order valence-electron chi connectivity index (χ2n) is 4.89. The number of nitrogens with zero attached hydrogens (tertiary/aromatic N) is 3. The lowest BCUT2D eigenvalue weighted by Crippen LogP contribution is -2.27. The van der Waals surface area contributed by atoms with Crippen LogP contribution in [-0.2, 0) is 17.6 Å². The monoisotopic (exact) mass is 319 g/mol. The molecule has 0 fully saturated rings. The van der Waals surface area contributed by atoms with Crippen LogP contribution in [0.3, 0.4) is 0 Å². The van der Waals surface area contributed by atoms with Gasteiger partial charge in [0, 0.05) is 13.0 Å². The minimum Gasteiger partial charge on any atom is -0.355 e. The van der Waals surface area contributed by atoms with Gasteiger partial charge in [0.2, 0.25) is 11.1 Å². The largest absolute Gasteiger partial charge is 0.355 e. The normalized spacial score (nSPS) is 10.6. The SMILES string of the molecule is CCCc1nnc(SCC(=O)NCCc2ccccc2)n1N. The Bertz CT molecular complexity index is 599. The van der Waals surface area contributed by atoms with Gasteiger partial charge >= 0.3 is 0 Å². The Morgan fingerprint density at radius 1 is 1.27 bits per heavy atom. The molecule has 0 radical (unpaired) electrons. The number of hydrogen-bond acceptors (Lipinski definition) is 5. The van der Waals surface area contributed by atoms with Crippen molar-refractivity contribution in [2.45, 2.75) is 31.3 Å². The third kappa shape index (κ3) is 4.77. The number of thioether (sulfide) groups is 1. The Labute approximate surface area is 134 Å². The van der Waals surface area contributed by atoms with Crippen LogP contribution in [0.15, 0.2) is 35.5 Å². The van der Waals surface area contributed by atoms with Gasteiger partial charge in [-0.05, 0) is 18.4 Å². The molecule has 0 saturated heterocycles. The summed E-state index contributed by atoms with van der Waals surface area (Å²) in [6, 6.07) is 10.1. The van der Waals surface area contributed by atoms with Gasteiger partial charge in [-0.3, -0.25) is 4.79 Å². The van der Waals surface area contributed by atoms with Crippen molar-refractivity contribution in [3.8, 4) is 0 Å². The topological polar surface area (TPSA) is 85.8 Å². The average Bonchev–Trinajstić information content (AvgIpc) is 2.87. The highest BCUT2D eigenvalue weighted by Gasteiger charge is 2.11. The van der Waals surface area contributed by atoms with E-state index < -0.39 is 0 Å². The van der Waals surface area contributed by atoms with E-state index in [2.05, 4.69) is 22.4 Å². The first-order valence-corrected chi connectivity index (χ1v) is 8.32. The van der Waals surface area contributed by atoms with Crippen LogP contribution in [0.5, 0.6) is 0 Å². The molecule has 2 aromatic rings. The number of nitrogens with one attached hydrogen (secondary N) is 1. The van der Waals surface area contributed by atoms with Gasteiger partial charge in [0.25, 0.3) is 0 Å². The summed E-state index contributed by atoms with van der Waals surface area (Å²) in [7, 11) is 0. The molecule has 22 heavy (non-hydrogen) atoms. The molecule has 0 bridgehead atoms. The number of aromatic nitrogens is 3. The molecule has 2 rings (SSSR count). The highest BCUT2D eigenvalue weighted by Crippen LogP contribution is 2.14. The molecule has 1 aromatic carbocycles. The zero-order valence-electron chi connectivity index (χ0n) is 12.7. The predicted molar refractivity (Wildman–Crippen MR) is 88.0 cm³/mol. The van der Waals surface area contributed by atoms with Gasteiger partial charge in [0.05, 0.1) is 5.75 Å². The van der Waals surface area contributed by atoms with E-state index in [0.29, 0.717) is 11.7 Å². The van der Waals surface area contributed by atoms with E-state index in [-0.39, 0.29) is 11.7 Å². The molecule has 6 nitrogen and oxygen atoms in total. The van der Waals surface area contributed by atoms with Crippen molar-refractivity contribution in [1.29, 1.82) is 0 Å². The summed E-state index contributed by atoms with van der Waals surface area (Å²) in [4.78, 5) is 11.8. The fourth-order valence-corrected chi connectivity index (χ4v) is 2.68. The summed E-state index contributed by atoms with van der Waals surface area (Å²) in [5, 5.41) is 11.5. The van der Waals surface area contributed by atoms with Crippen LogP contribution in [0.25, 0.3) is 0 Å². The first-order valence-electron chi connectivity index (χ1n) is 7.33. The smallest absolute Gasteiger partial charge is 0.230 e.